The van der Waals surface area contributed by atoms with E-state index in [0.29, 0.717) is 25.8 Å². The minimum Gasteiger partial charge on any atom is -0.369 e. The normalized spacial score (nSPS) is 18.9. The Labute approximate surface area is 200 Å². The topological polar surface area (TPSA) is 81.7 Å². The van der Waals surface area contributed by atoms with Crippen molar-refractivity contribution >= 4 is 27.3 Å². The quantitative estimate of drug-likeness (QED) is 0.525. The second-order valence-corrected chi connectivity index (χ2v) is 12.9. The second kappa shape index (κ2) is 11.7. The summed E-state index contributed by atoms with van der Waals surface area (Å²) in [6.45, 7) is 9.75. The van der Waals surface area contributed by atoms with Crippen molar-refractivity contribution in [3.8, 4) is 0 Å². The number of nitrogens with one attached hydrogen (secondary N) is 2. The number of sulfonamides is 1. The van der Waals surface area contributed by atoms with E-state index in [9.17, 15) is 13.2 Å². The van der Waals surface area contributed by atoms with Crippen LogP contribution in [0.2, 0.25) is 0 Å². The van der Waals surface area contributed by atoms with Gasteiger partial charge in [-0.3, -0.25) is 9.69 Å². The summed E-state index contributed by atoms with van der Waals surface area (Å²) in [7, 11) is -3.33. The summed E-state index contributed by atoms with van der Waals surface area (Å²) in [6.07, 6.45) is 8.54. The zero-order chi connectivity index (χ0) is 23.9. The molecule has 2 N–H and O–H groups in total. The lowest BCUT2D eigenvalue weighted by atomic mass is 9.94. The number of benzene rings is 1. The molecular formula is C25H42N4O3S. The maximum atomic E-state index is 12.2. The Bertz CT molecular complexity index is 851. The molecule has 0 aromatic heterocycles. The molecule has 3 rings (SSSR count). The molecule has 0 spiro atoms. The zero-order valence-corrected chi connectivity index (χ0v) is 21.4. The van der Waals surface area contributed by atoms with Gasteiger partial charge in [-0.05, 0) is 70.7 Å². The molecule has 186 valence electrons. The van der Waals surface area contributed by atoms with Crippen LogP contribution in [0.1, 0.15) is 72.1 Å². The van der Waals surface area contributed by atoms with Gasteiger partial charge in [0.05, 0.1) is 4.75 Å². The molecule has 1 amide bonds. The number of carbonyl (C=O) groups excluding carboxylic acids is 1. The highest BCUT2D eigenvalue weighted by Crippen LogP contribution is 2.25. The molecule has 33 heavy (non-hydrogen) atoms. The monoisotopic (exact) mass is 478 g/mol. The predicted molar refractivity (Wildman–Crippen MR) is 136 cm³/mol. The molecule has 2 aliphatic rings. The van der Waals surface area contributed by atoms with Gasteiger partial charge in [-0.15, -0.1) is 0 Å². The van der Waals surface area contributed by atoms with E-state index in [1.54, 1.807) is 20.8 Å². The van der Waals surface area contributed by atoms with Gasteiger partial charge in [0, 0.05) is 56.6 Å². The van der Waals surface area contributed by atoms with Gasteiger partial charge < -0.3 is 10.2 Å². The molecule has 0 radical (unpaired) electrons. The standard InChI is InChI=1S/C25H42N4O3S/c1-25(2,3)33(31,32)26-16-8-7-11-24(30)27-21-12-14-23(15-13-21)29-19-17-28(18-20-29)22-9-5-4-6-10-22/h12-15,22,26H,4-11,16-20H2,1-3H3,(H,27,30). The largest absolute Gasteiger partial charge is 0.369 e. The minimum atomic E-state index is -3.33. The maximum Gasteiger partial charge on any atom is 0.224 e. The number of hydrogen-bond acceptors (Lipinski definition) is 5. The van der Waals surface area contributed by atoms with Crippen molar-refractivity contribution in [1.82, 2.24) is 9.62 Å². The molecule has 1 saturated heterocycles. The van der Waals surface area contributed by atoms with Crippen LogP contribution in [0.15, 0.2) is 24.3 Å². The number of piperazine rings is 1. The van der Waals surface area contributed by atoms with Gasteiger partial charge in [-0.1, -0.05) is 19.3 Å². The minimum absolute atomic E-state index is 0.0393. The molecule has 1 aliphatic heterocycles. The fourth-order valence-electron chi connectivity index (χ4n) is 4.60. The van der Waals surface area contributed by atoms with Gasteiger partial charge >= 0.3 is 0 Å². The van der Waals surface area contributed by atoms with E-state index in [-0.39, 0.29) is 5.91 Å². The smallest absolute Gasteiger partial charge is 0.224 e. The first-order valence-corrected chi connectivity index (χ1v) is 14.0. The Balaban J connectivity index is 1.35. The van der Waals surface area contributed by atoms with Crippen molar-refractivity contribution in [1.29, 1.82) is 0 Å². The van der Waals surface area contributed by atoms with Gasteiger partial charge in [-0.25, -0.2) is 13.1 Å². The summed E-state index contributed by atoms with van der Waals surface area (Å²) in [5.74, 6) is -0.0393. The number of hydrogen-bond donors (Lipinski definition) is 2. The number of amides is 1. The van der Waals surface area contributed by atoms with Crippen LogP contribution in [-0.4, -0.2) is 62.7 Å². The number of nitrogens with zero attached hydrogens (tertiary/aromatic N) is 2. The third-order valence-corrected chi connectivity index (χ3v) is 9.05. The van der Waals surface area contributed by atoms with E-state index in [1.165, 1.54) is 37.8 Å². The third kappa shape index (κ3) is 7.69. The summed E-state index contributed by atoms with van der Waals surface area (Å²) < 4.78 is 25.8. The van der Waals surface area contributed by atoms with Crippen LogP contribution in [0.3, 0.4) is 0 Å². The number of rotatable bonds is 9. The first-order chi connectivity index (χ1) is 15.7. The van der Waals surface area contributed by atoms with Gasteiger partial charge in [0.2, 0.25) is 15.9 Å². The molecule has 1 heterocycles. The average Bonchev–Trinajstić information content (AvgIpc) is 2.79. The summed E-state index contributed by atoms with van der Waals surface area (Å²) in [4.78, 5) is 17.4. The summed E-state index contributed by atoms with van der Waals surface area (Å²) in [5, 5.41) is 2.95. The fourth-order valence-corrected chi connectivity index (χ4v) is 5.45. The van der Waals surface area contributed by atoms with Gasteiger partial charge in [0.1, 0.15) is 0 Å². The molecule has 7 nitrogen and oxygen atoms in total. The van der Waals surface area contributed by atoms with Crippen molar-refractivity contribution in [2.24, 2.45) is 0 Å². The van der Waals surface area contributed by atoms with Gasteiger partial charge in [0.15, 0.2) is 0 Å². The van der Waals surface area contributed by atoms with Crippen LogP contribution >= 0.6 is 0 Å². The average molecular weight is 479 g/mol. The van der Waals surface area contributed by atoms with Crippen LogP contribution in [0.25, 0.3) is 0 Å². The Kier molecular flexibility index (Phi) is 9.18. The van der Waals surface area contributed by atoms with E-state index in [4.69, 9.17) is 0 Å². The zero-order valence-electron chi connectivity index (χ0n) is 20.6. The summed E-state index contributed by atoms with van der Waals surface area (Å²) in [5.41, 5.74) is 2.01. The highest BCUT2D eigenvalue weighted by molar-refractivity contribution is 7.90. The lowest BCUT2D eigenvalue weighted by Crippen LogP contribution is -2.50. The van der Waals surface area contributed by atoms with E-state index < -0.39 is 14.8 Å². The molecule has 0 unspecified atom stereocenters. The lowest BCUT2D eigenvalue weighted by molar-refractivity contribution is -0.116. The number of carbonyl (C=O) groups is 1. The third-order valence-electron chi connectivity index (χ3n) is 6.85. The predicted octanol–water partition coefficient (Wildman–Crippen LogP) is 3.97. The Hall–Kier alpha value is -1.64. The lowest BCUT2D eigenvalue weighted by Gasteiger charge is -2.41. The van der Waals surface area contributed by atoms with Crippen molar-refractivity contribution in [2.75, 3.05) is 42.9 Å². The van der Waals surface area contributed by atoms with Crippen LogP contribution in [-0.2, 0) is 14.8 Å². The first-order valence-electron chi connectivity index (χ1n) is 12.5. The molecule has 0 atom stereocenters. The Morgan fingerprint density at radius 3 is 2.21 bits per heavy atom. The number of anilines is 2. The fraction of sp³-hybridized carbons (Fsp3) is 0.720. The Morgan fingerprint density at radius 1 is 0.970 bits per heavy atom. The molecule has 8 heteroatoms. The van der Waals surface area contributed by atoms with Crippen molar-refractivity contribution < 1.29 is 13.2 Å². The van der Waals surface area contributed by atoms with Crippen LogP contribution in [0.4, 0.5) is 11.4 Å². The summed E-state index contributed by atoms with van der Waals surface area (Å²) >= 11 is 0. The van der Waals surface area contributed by atoms with E-state index in [2.05, 4.69) is 32.0 Å². The highest BCUT2D eigenvalue weighted by atomic mass is 32.2. The van der Waals surface area contributed by atoms with Crippen molar-refractivity contribution in [2.45, 2.75) is 82.9 Å². The molecule has 1 aliphatic carbocycles. The molecule has 2 fully saturated rings. The van der Waals surface area contributed by atoms with Gasteiger partial charge in [0.25, 0.3) is 0 Å². The van der Waals surface area contributed by atoms with E-state index >= 15 is 0 Å². The second-order valence-electron chi connectivity index (χ2n) is 10.4. The molecule has 1 aromatic carbocycles. The Morgan fingerprint density at radius 2 is 1.61 bits per heavy atom. The van der Waals surface area contributed by atoms with Crippen molar-refractivity contribution in [3.63, 3.8) is 0 Å². The van der Waals surface area contributed by atoms with Crippen LogP contribution < -0.4 is 14.9 Å². The highest BCUT2D eigenvalue weighted by Gasteiger charge is 2.28. The maximum absolute atomic E-state index is 12.2. The molecular weight excluding hydrogens is 436 g/mol. The van der Waals surface area contributed by atoms with E-state index in [1.807, 2.05) is 12.1 Å². The van der Waals surface area contributed by atoms with E-state index in [0.717, 1.165) is 37.9 Å². The van der Waals surface area contributed by atoms with Crippen molar-refractivity contribution in [3.05, 3.63) is 24.3 Å². The SMILES string of the molecule is CC(C)(C)S(=O)(=O)NCCCCC(=O)Nc1ccc(N2CCN(C3CCCCC3)CC2)cc1. The molecule has 0 bridgehead atoms. The summed E-state index contributed by atoms with van der Waals surface area (Å²) in [6, 6.07) is 8.91. The van der Waals surface area contributed by atoms with Crippen LogP contribution in [0, 0.1) is 0 Å². The van der Waals surface area contributed by atoms with Crippen LogP contribution in [0.5, 0.6) is 0 Å². The molecule has 1 aromatic rings. The number of unbranched alkanes of at least 4 members (excludes halogenated alkanes) is 1. The first kappa shape index (κ1) is 26.0. The van der Waals surface area contributed by atoms with Gasteiger partial charge in [-0.2, -0.15) is 0 Å². The molecule has 1 saturated carbocycles.